The van der Waals surface area contributed by atoms with E-state index >= 15 is 0 Å². The second kappa shape index (κ2) is 8.94. The third kappa shape index (κ3) is 5.28. The van der Waals surface area contributed by atoms with Crippen molar-refractivity contribution >= 4 is 5.91 Å². The van der Waals surface area contributed by atoms with Crippen LogP contribution in [0.2, 0.25) is 0 Å². The summed E-state index contributed by atoms with van der Waals surface area (Å²) in [6, 6.07) is 16.6. The normalized spacial score (nSPS) is 10.7. The van der Waals surface area contributed by atoms with Crippen molar-refractivity contribution in [2.75, 3.05) is 6.54 Å². The molecule has 2 aromatic carbocycles. The number of amides is 1. The minimum Gasteiger partial charge on any atom is -0.356 e. The van der Waals surface area contributed by atoms with Crippen molar-refractivity contribution in [3.8, 4) is 0 Å². The molecule has 134 valence electrons. The van der Waals surface area contributed by atoms with Gasteiger partial charge in [0.25, 0.3) is 0 Å². The maximum atomic E-state index is 13.1. The number of nitrogens with one attached hydrogen (secondary N) is 1. The van der Waals surface area contributed by atoms with E-state index in [1.807, 2.05) is 30.5 Å². The van der Waals surface area contributed by atoms with Crippen LogP contribution in [0.15, 0.2) is 67.0 Å². The first kappa shape index (κ1) is 17.9. The van der Waals surface area contributed by atoms with Gasteiger partial charge in [0.15, 0.2) is 0 Å². The number of nitrogens with zero attached hydrogens (tertiary/aromatic N) is 2. The van der Waals surface area contributed by atoms with Gasteiger partial charge in [-0.3, -0.25) is 4.79 Å². The van der Waals surface area contributed by atoms with Gasteiger partial charge in [0, 0.05) is 38.3 Å². The van der Waals surface area contributed by atoms with Crippen LogP contribution in [0.25, 0.3) is 0 Å². The van der Waals surface area contributed by atoms with Crippen LogP contribution in [0.5, 0.6) is 0 Å². The van der Waals surface area contributed by atoms with Crippen LogP contribution in [0.3, 0.4) is 0 Å². The van der Waals surface area contributed by atoms with E-state index in [1.54, 1.807) is 12.3 Å². The average Bonchev–Trinajstić information content (AvgIpc) is 3.08. The van der Waals surface area contributed by atoms with E-state index < -0.39 is 0 Å². The standard InChI is InChI=1S/C21H22FN3O/c22-19-8-4-7-17(15-19)9-10-21(26)24-12-11-20-23-13-14-25(20)16-18-5-2-1-3-6-18/h1-8,13-15H,9-12,16H2,(H,24,26). The number of hydrogen-bond donors (Lipinski definition) is 1. The first-order valence-corrected chi connectivity index (χ1v) is 8.76. The molecule has 0 atom stereocenters. The number of carbonyl (C=O) groups is 1. The van der Waals surface area contributed by atoms with Gasteiger partial charge < -0.3 is 9.88 Å². The zero-order valence-electron chi connectivity index (χ0n) is 14.6. The number of hydrogen-bond acceptors (Lipinski definition) is 2. The zero-order chi connectivity index (χ0) is 18.2. The van der Waals surface area contributed by atoms with Crippen molar-refractivity contribution in [3.05, 3.63) is 89.8 Å². The predicted octanol–water partition coefficient (Wildman–Crippen LogP) is 3.36. The highest BCUT2D eigenvalue weighted by Crippen LogP contribution is 2.07. The minimum absolute atomic E-state index is 0.0320. The molecule has 1 aromatic heterocycles. The fraction of sp³-hybridized carbons (Fsp3) is 0.238. The third-order valence-corrected chi connectivity index (χ3v) is 4.20. The second-order valence-electron chi connectivity index (χ2n) is 6.19. The molecule has 1 heterocycles. The Hall–Kier alpha value is -2.95. The molecule has 0 bridgehead atoms. The molecule has 5 heteroatoms. The van der Waals surface area contributed by atoms with Gasteiger partial charge in [-0.2, -0.15) is 0 Å². The summed E-state index contributed by atoms with van der Waals surface area (Å²) in [7, 11) is 0. The van der Waals surface area contributed by atoms with Crippen molar-refractivity contribution in [1.82, 2.24) is 14.9 Å². The summed E-state index contributed by atoms with van der Waals surface area (Å²) >= 11 is 0. The fourth-order valence-corrected chi connectivity index (χ4v) is 2.84. The van der Waals surface area contributed by atoms with Gasteiger partial charge in [-0.05, 0) is 29.7 Å². The van der Waals surface area contributed by atoms with Crippen molar-refractivity contribution in [1.29, 1.82) is 0 Å². The molecule has 4 nitrogen and oxygen atoms in total. The summed E-state index contributed by atoms with van der Waals surface area (Å²) in [6.07, 6.45) is 5.29. The summed E-state index contributed by atoms with van der Waals surface area (Å²) in [5, 5.41) is 2.91. The largest absolute Gasteiger partial charge is 0.356 e. The summed E-state index contributed by atoms with van der Waals surface area (Å²) in [5.41, 5.74) is 2.05. The highest BCUT2D eigenvalue weighted by atomic mass is 19.1. The number of aromatic nitrogens is 2. The highest BCUT2D eigenvalue weighted by Gasteiger charge is 2.06. The van der Waals surface area contributed by atoms with Crippen LogP contribution in [-0.2, 0) is 24.2 Å². The van der Waals surface area contributed by atoms with E-state index in [4.69, 9.17) is 0 Å². The quantitative estimate of drug-likeness (QED) is 0.676. The number of benzene rings is 2. The predicted molar refractivity (Wildman–Crippen MR) is 99.2 cm³/mol. The maximum Gasteiger partial charge on any atom is 0.220 e. The van der Waals surface area contributed by atoms with E-state index in [9.17, 15) is 9.18 Å². The Morgan fingerprint density at radius 2 is 1.85 bits per heavy atom. The molecule has 0 unspecified atom stereocenters. The Balaban J connectivity index is 1.43. The molecule has 0 aliphatic rings. The lowest BCUT2D eigenvalue weighted by molar-refractivity contribution is -0.121. The molecule has 0 aliphatic heterocycles. The van der Waals surface area contributed by atoms with Crippen LogP contribution in [0, 0.1) is 5.82 Å². The number of carbonyl (C=O) groups excluding carboxylic acids is 1. The molecule has 3 rings (SSSR count). The summed E-state index contributed by atoms with van der Waals surface area (Å²) in [5.74, 6) is 0.642. The monoisotopic (exact) mass is 351 g/mol. The van der Waals surface area contributed by atoms with Crippen molar-refractivity contribution in [3.63, 3.8) is 0 Å². The summed E-state index contributed by atoms with van der Waals surface area (Å²) < 4.78 is 15.2. The van der Waals surface area contributed by atoms with Crippen LogP contribution in [-0.4, -0.2) is 22.0 Å². The van der Waals surface area contributed by atoms with Gasteiger partial charge in [-0.15, -0.1) is 0 Å². The highest BCUT2D eigenvalue weighted by molar-refractivity contribution is 5.76. The van der Waals surface area contributed by atoms with Gasteiger partial charge in [0.2, 0.25) is 5.91 Å². The third-order valence-electron chi connectivity index (χ3n) is 4.20. The van der Waals surface area contributed by atoms with E-state index in [2.05, 4.69) is 27.0 Å². The molecule has 1 N–H and O–H groups in total. The van der Waals surface area contributed by atoms with Crippen molar-refractivity contribution < 1.29 is 9.18 Å². The van der Waals surface area contributed by atoms with E-state index in [0.29, 0.717) is 25.8 Å². The molecule has 0 saturated heterocycles. The lowest BCUT2D eigenvalue weighted by Gasteiger charge is -2.09. The van der Waals surface area contributed by atoms with Crippen molar-refractivity contribution in [2.45, 2.75) is 25.8 Å². The van der Waals surface area contributed by atoms with Crippen LogP contribution in [0.1, 0.15) is 23.4 Å². The number of aryl methyl sites for hydroxylation is 1. The fourth-order valence-electron chi connectivity index (χ4n) is 2.84. The Bertz CT molecular complexity index is 845. The van der Waals surface area contributed by atoms with Gasteiger partial charge in [-0.1, -0.05) is 42.5 Å². The average molecular weight is 351 g/mol. The first-order valence-electron chi connectivity index (χ1n) is 8.76. The molecule has 0 spiro atoms. The van der Waals surface area contributed by atoms with E-state index in [1.165, 1.54) is 17.7 Å². The Kier molecular flexibility index (Phi) is 6.14. The zero-order valence-corrected chi connectivity index (χ0v) is 14.6. The van der Waals surface area contributed by atoms with Gasteiger partial charge in [0.05, 0.1) is 0 Å². The Morgan fingerprint density at radius 1 is 1.04 bits per heavy atom. The Morgan fingerprint density at radius 3 is 2.65 bits per heavy atom. The summed E-state index contributed by atoms with van der Waals surface area (Å²) in [4.78, 5) is 16.4. The number of rotatable bonds is 8. The molecule has 0 fully saturated rings. The molecule has 3 aromatic rings. The molecule has 1 amide bonds. The topological polar surface area (TPSA) is 46.9 Å². The molecule has 0 aliphatic carbocycles. The van der Waals surface area contributed by atoms with E-state index in [-0.39, 0.29) is 11.7 Å². The molecular formula is C21H22FN3O. The molecule has 0 saturated carbocycles. The first-order chi connectivity index (χ1) is 12.7. The molecule has 26 heavy (non-hydrogen) atoms. The SMILES string of the molecule is O=C(CCc1cccc(F)c1)NCCc1nccn1Cc1ccccc1. The van der Waals surface area contributed by atoms with E-state index in [0.717, 1.165) is 17.9 Å². The van der Waals surface area contributed by atoms with Crippen LogP contribution < -0.4 is 5.32 Å². The van der Waals surface area contributed by atoms with Gasteiger partial charge in [-0.25, -0.2) is 9.37 Å². The number of imidazole rings is 1. The van der Waals surface area contributed by atoms with Gasteiger partial charge >= 0.3 is 0 Å². The van der Waals surface area contributed by atoms with Crippen LogP contribution in [0.4, 0.5) is 4.39 Å². The molecular weight excluding hydrogens is 329 g/mol. The Labute approximate surface area is 152 Å². The van der Waals surface area contributed by atoms with Crippen LogP contribution >= 0.6 is 0 Å². The van der Waals surface area contributed by atoms with Gasteiger partial charge in [0.1, 0.15) is 11.6 Å². The number of halogens is 1. The lowest BCUT2D eigenvalue weighted by atomic mass is 10.1. The maximum absolute atomic E-state index is 13.1. The second-order valence-corrected chi connectivity index (χ2v) is 6.19. The smallest absolute Gasteiger partial charge is 0.220 e. The summed E-state index contributed by atoms with van der Waals surface area (Å²) in [6.45, 7) is 1.30. The lowest BCUT2D eigenvalue weighted by Crippen LogP contribution is -2.26. The van der Waals surface area contributed by atoms with Crippen molar-refractivity contribution in [2.24, 2.45) is 0 Å². The minimum atomic E-state index is -0.270. The molecule has 0 radical (unpaired) electrons.